The first kappa shape index (κ1) is 23.2. The molecule has 2 aliphatic heterocycles. The molecule has 32 heavy (non-hydrogen) atoms. The summed E-state index contributed by atoms with van der Waals surface area (Å²) in [5.74, 6) is 0.262. The van der Waals surface area contributed by atoms with Gasteiger partial charge in [-0.1, -0.05) is 12.8 Å². The average molecular weight is 478 g/mol. The van der Waals surface area contributed by atoms with Crippen LogP contribution in [0.2, 0.25) is 0 Å². The minimum absolute atomic E-state index is 0.174. The third kappa shape index (κ3) is 4.85. The summed E-state index contributed by atoms with van der Waals surface area (Å²) in [7, 11) is -2.10. The highest BCUT2D eigenvalue weighted by Crippen LogP contribution is 2.33. The maximum Gasteiger partial charge on any atom is 0.243 e. The highest BCUT2D eigenvalue weighted by Gasteiger charge is 2.28. The van der Waals surface area contributed by atoms with Crippen molar-refractivity contribution < 1.29 is 17.9 Å². The number of amides is 1. The molecule has 1 unspecified atom stereocenters. The number of fused-ring (bicyclic) bond motifs is 1. The van der Waals surface area contributed by atoms with Crippen LogP contribution in [0.4, 0.5) is 5.69 Å². The minimum atomic E-state index is -3.61. The van der Waals surface area contributed by atoms with E-state index >= 15 is 0 Å². The summed E-state index contributed by atoms with van der Waals surface area (Å²) < 4.78 is 33.3. The van der Waals surface area contributed by atoms with E-state index in [1.54, 1.807) is 27.8 Å². The lowest BCUT2D eigenvalue weighted by Gasteiger charge is -2.33. The molecule has 0 spiro atoms. The SMILES string of the molecule is COc1ccc(S(=O)(=O)N2CCCCCC2)cc1NC(=O)CN1CCc2sccc2C1C. The molecule has 1 fully saturated rings. The van der Waals surface area contributed by atoms with Crippen LogP contribution in [0.1, 0.15) is 49.1 Å². The zero-order valence-corrected chi connectivity index (χ0v) is 20.3. The predicted octanol–water partition coefficient (Wildman–Crippen LogP) is 3.88. The van der Waals surface area contributed by atoms with E-state index in [2.05, 4.69) is 28.6 Å². The largest absolute Gasteiger partial charge is 0.495 e. The van der Waals surface area contributed by atoms with Crippen LogP contribution in [-0.2, 0) is 21.2 Å². The number of carbonyl (C=O) groups excluding carboxylic acids is 1. The fraction of sp³-hybridized carbons (Fsp3) is 0.522. The van der Waals surface area contributed by atoms with Gasteiger partial charge in [-0.05, 0) is 61.4 Å². The smallest absolute Gasteiger partial charge is 0.243 e. The number of nitrogens with one attached hydrogen (secondary N) is 1. The number of ether oxygens (including phenoxy) is 1. The van der Waals surface area contributed by atoms with Gasteiger partial charge in [0.1, 0.15) is 5.75 Å². The highest BCUT2D eigenvalue weighted by atomic mass is 32.2. The van der Waals surface area contributed by atoms with E-state index in [9.17, 15) is 13.2 Å². The maximum atomic E-state index is 13.2. The molecule has 2 aromatic rings. The molecule has 1 aromatic heterocycles. The van der Waals surface area contributed by atoms with Crippen molar-refractivity contribution in [3.8, 4) is 5.75 Å². The van der Waals surface area contributed by atoms with Crippen molar-refractivity contribution in [1.29, 1.82) is 0 Å². The average Bonchev–Trinajstić information content (AvgIpc) is 3.09. The lowest BCUT2D eigenvalue weighted by atomic mass is 10.0. The van der Waals surface area contributed by atoms with Gasteiger partial charge in [-0.25, -0.2) is 8.42 Å². The van der Waals surface area contributed by atoms with Gasteiger partial charge in [0.2, 0.25) is 15.9 Å². The second-order valence-electron chi connectivity index (χ2n) is 8.42. The van der Waals surface area contributed by atoms with Gasteiger partial charge in [-0.2, -0.15) is 4.31 Å². The van der Waals surface area contributed by atoms with Crippen LogP contribution < -0.4 is 10.1 Å². The van der Waals surface area contributed by atoms with Gasteiger partial charge in [0, 0.05) is 30.6 Å². The topological polar surface area (TPSA) is 79.0 Å². The lowest BCUT2D eigenvalue weighted by Crippen LogP contribution is -2.39. The second-order valence-corrected chi connectivity index (χ2v) is 11.4. The van der Waals surface area contributed by atoms with E-state index < -0.39 is 10.0 Å². The van der Waals surface area contributed by atoms with E-state index in [0.717, 1.165) is 38.6 Å². The molecule has 1 N–H and O–H groups in total. The molecular formula is C23H31N3O4S2. The van der Waals surface area contributed by atoms with Gasteiger partial charge >= 0.3 is 0 Å². The monoisotopic (exact) mass is 477 g/mol. The number of benzene rings is 1. The Balaban J connectivity index is 1.50. The highest BCUT2D eigenvalue weighted by molar-refractivity contribution is 7.89. The summed E-state index contributed by atoms with van der Waals surface area (Å²) in [5.41, 5.74) is 1.67. The number of carbonyl (C=O) groups is 1. The first-order valence-corrected chi connectivity index (χ1v) is 13.5. The van der Waals surface area contributed by atoms with Crippen molar-refractivity contribution in [2.24, 2.45) is 0 Å². The Morgan fingerprint density at radius 1 is 1.16 bits per heavy atom. The van der Waals surface area contributed by atoms with Crippen molar-refractivity contribution in [3.63, 3.8) is 0 Å². The third-order valence-corrected chi connectivity index (χ3v) is 9.29. The Kier molecular flexibility index (Phi) is 7.19. The molecule has 3 heterocycles. The zero-order chi connectivity index (χ0) is 22.7. The Bertz CT molecular complexity index is 1060. The Morgan fingerprint density at radius 3 is 2.62 bits per heavy atom. The summed E-state index contributed by atoms with van der Waals surface area (Å²) in [6.07, 6.45) is 4.80. The molecule has 1 aromatic carbocycles. The van der Waals surface area contributed by atoms with Crippen LogP contribution >= 0.6 is 11.3 Å². The van der Waals surface area contributed by atoms with Crippen molar-refractivity contribution >= 4 is 33.0 Å². The van der Waals surface area contributed by atoms with Crippen molar-refractivity contribution in [1.82, 2.24) is 9.21 Å². The Hall–Kier alpha value is -1.94. The molecule has 7 nitrogen and oxygen atoms in total. The van der Waals surface area contributed by atoms with Crippen LogP contribution in [0.3, 0.4) is 0 Å². The van der Waals surface area contributed by atoms with E-state index in [1.165, 1.54) is 23.6 Å². The molecule has 0 bridgehead atoms. The van der Waals surface area contributed by atoms with Crippen molar-refractivity contribution in [2.75, 3.05) is 38.6 Å². The van der Waals surface area contributed by atoms with E-state index in [1.807, 2.05) is 0 Å². The van der Waals surface area contributed by atoms with Crippen molar-refractivity contribution in [2.45, 2.75) is 50.0 Å². The summed E-state index contributed by atoms with van der Waals surface area (Å²) in [6.45, 7) is 4.25. The van der Waals surface area contributed by atoms with Gasteiger partial charge in [0.05, 0.1) is 24.2 Å². The maximum absolute atomic E-state index is 13.2. The van der Waals surface area contributed by atoms with Crippen LogP contribution in [0, 0.1) is 0 Å². The molecular weight excluding hydrogens is 446 g/mol. The molecule has 0 saturated carbocycles. The van der Waals surface area contributed by atoms with Crippen molar-refractivity contribution in [3.05, 3.63) is 40.1 Å². The third-order valence-electron chi connectivity index (χ3n) is 6.40. The molecule has 1 atom stereocenters. The predicted molar refractivity (Wildman–Crippen MR) is 127 cm³/mol. The summed E-state index contributed by atoms with van der Waals surface area (Å²) in [5, 5.41) is 4.99. The molecule has 174 valence electrons. The molecule has 0 aliphatic carbocycles. The number of methoxy groups -OCH3 is 1. The fourth-order valence-corrected chi connectivity index (χ4v) is 7.03. The van der Waals surface area contributed by atoms with Gasteiger partial charge in [-0.3, -0.25) is 9.69 Å². The quantitative estimate of drug-likeness (QED) is 0.683. The first-order valence-electron chi connectivity index (χ1n) is 11.2. The molecule has 1 saturated heterocycles. The van der Waals surface area contributed by atoms with E-state index in [4.69, 9.17) is 4.74 Å². The number of nitrogens with zero attached hydrogens (tertiary/aromatic N) is 2. The Morgan fingerprint density at radius 2 is 1.91 bits per heavy atom. The summed E-state index contributed by atoms with van der Waals surface area (Å²) >= 11 is 1.77. The number of rotatable bonds is 6. The molecule has 9 heteroatoms. The van der Waals surface area contributed by atoms with Crippen LogP contribution in [0.5, 0.6) is 5.75 Å². The summed E-state index contributed by atoms with van der Waals surface area (Å²) in [4.78, 5) is 16.6. The van der Waals surface area contributed by atoms with Gasteiger partial charge < -0.3 is 10.1 Å². The molecule has 1 amide bonds. The zero-order valence-electron chi connectivity index (χ0n) is 18.7. The number of sulfonamides is 1. The van der Waals surface area contributed by atoms with Gasteiger partial charge in [0.25, 0.3) is 0 Å². The van der Waals surface area contributed by atoms with Crippen LogP contribution in [0.25, 0.3) is 0 Å². The van der Waals surface area contributed by atoms with Crippen LogP contribution in [-0.4, -0.2) is 56.8 Å². The number of thiophene rings is 1. The standard InChI is InChI=1S/C23H31N3O4S2/c1-17-19-10-14-31-22(19)9-13-25(17)16-23(27)24-20-15-18(7-8-21(20)30-2)32(28,29)26-11-5-3-4-6-12-26/h7-8,10,14-15,17H,3-6,9,11-13,16H2,1-2H3,(H,24,27). The second kappa shape index (κ2) is 9.91. The summed E-state index contributed by atoms with van der Waals surface area (Å²) in [6, 6.07) is 7.00. The van der Waals surface area contributed by atoms with Gasteiger partial charge in [-0.15, -0.1) is 11.3 Å². The first-order chi connectivity index (χ1) is 15.4. The number of hydrogen-bond acceptors (Lipinski definition) is 6. The van der Waals surface area contributed by atoms with E-state index in [0.29, 0.717) is 24.5 Å². The van der Waals surface area contributed by atoms with Gasteiger partial charge in [0.15, 0.2) is 0 Å². The fourth-order valence-electron chi connectivity index (χ4n) is 4.53. The Labute approximate surface area is 194 Å². The molecule has 2 aliphatic rings. The minimum Gasteiger partial charge on any atom is -0.495 e. The van der Waals surface area contributed by atoms with E-state index in [-0.39, 0.29) is 23.4 Å². The normalized spacial score (nSPS) is 20.4. The van der Waals surface area contributed by atoms with Crippen LogP contribution in [0.15, 0.2) is 34.5 Å². The number of anilines is 1. The lowest BCUT2D eigenvalue weighted by molar-refractivity contribution is -0.117. The molecule has 0 radical (unpaired) electrons. The number of hydrogen-bond donors (Lipinski definition) is 1. The molecule has 4 rings (SSSR count).